The van der Waals surface area contributed by atoms with Crippen molar-refractivity contribution in [2.24, 2.45) is 17.3 Å². The molecule has 4 aliphatic rings. The van der Waals surface area contributed by atoms with Gasteiger partial charge >= 0.3 is 12.0 Å². The Hall–Kier alpha value is -1.56. The summed E-state index contributed by atoms with van der Waals surface area (Å²) in [5, 5.41) is 4.53. The number of rotatable bonds is 5. The third kappa shape index (κ3) is 3.43. The van der Waals surface area contributed by atoms with E-state index in [1.807, 2.05) is 0 Å². The highest BCUT2D eigenvalue weighted by atomic mass is 35.5. The van der Waals surface area contributed by atoms with E-state index < -0.39 is 24.0 Å². The number of ether oxygens (including phenoxy) is 1. The van der Waals surface area contributed by atoms with Crippen LogP contribution in [-0.2, 0) is 14.3 Å². The van der Waals surface area contributed by atoms with Gasteiger partial charge in [0.2, 0.25) is 0 Å². The van der Waals surface area contributed by atoms with Gasteiger partial charge in [-0.2, -0.15) is 0 Å². The van der Waals surface area contributed by atoms with E-state index in [0.29, 0.717) is 18.3 Å². The number of hydrogen-bond donors (Lipinski definition) is 2. The molecule has 0 radical (unpaired) electrons. The normalized spacial score (nSPS) is 36.0. The first-order valence-corrected chi connectivity index (χ1v) is 8.77. The molecular formula is C17H23ClN2O4. The molecule has 4 rings (SSSR count). The number of halogens is 1. The number of carbonyl (C=O) groups is 3. The molecule has 6 nitrogen and oxygen atoms in total. The quantitative estimate of drug-likeness (QED) is 0.450. The van der Waals surface area contributed by atoms with Crippen molar-refractivity contribution in [3.63, 3.8) is 0 Å². The van der Waals surface area contributed by atoms with Crippen LogP contribution in [0.2, 0.25) is 0 Å². The Kier molecular flexibility index (Phi) is 4.60. The Morgan fingerprint density at radius 3 is 2.46 bits per heavy atom. The fraction of sp³-hybridized carbons (Fsp3) is 0.706. The Morgan fingerprint density at radius 2 is 1.88 bits per heavy atom. The Balaban J connectivity index is 1.53. The summed E-state index contributed by atoms with van der Waals surface area (Å²) in [5.74, 6) is -0.0249. The second-order valence-corrected chi connectivity index (χ2v) is 8.32. The maximum atomic E-state index is 12.6. The van der Waals surface area contributed by atoms with E-state index >= 15 is 0 Å². The molecule has 4 fully saturated rings. The van der Waals surface area contributed by atoms with E-state index in [2.05, 4.69) is 17.2 Å². The summed E-state index contributed by atoms with van der Waals surface area (Å²) in [4.78, 5) is 35.4. The van der Waals surface area contributed by atoms with Crippen LogP contribution < -0.4 is 10.6 Å². The van der Waals surface area contributed by atoms with Gasteiger partial charge in [-0.25, -0.2) is 4.79 Å². The van der Waals surface area contributed by atoms with Gasteiger partial charge < -0.3 is 10.1 Å². The zero-order valence-corrected chi connectivity index (χ0v) is 14.4. The van der Waals surface area contributed by atoms with Gasteiger partial charge in [0.05, 0.1) is 5.41 Å². The van der Waals surface area contributed by atoms with Crippen molar-refractivity contribution in [2.75, 3.05) is 13.2 Å². The molecule has 0 heterocycles. The first-order valence-electron chi connectivity index (χ1n) is 8.39. The zero-order valence-electron chi connectivity index (χ0n) is 13.6. The highest BCUT2D eigenvalue weighted by Gasteiger charge is 2.60. The summed E-state index contributed by atoms with van der Waals surface area (Å²) in [5.41, 5.74) is -0.544. The standard InChI is InChI=1S/C17H23ClN2O4/c1-2-3-19-15(23)20-13(21)9-24-14(22)16-5-11-4-12(6-16)8-17(18,7-11)10-16/h2,11-12H,1,3-10H2,(H2,19,20,21,23)/t11-,12-,16?,17?/m0/s1. The third-order valence-corrected chi connectivity index (χ3v) is 5.86. The first-order chi connectivity index (χ1) is 11.3. The lowest BCUT2D eigenvalue weighted by Gasteiger charge is -2.58. The Bertz CT molecular complexity index is 563. The summed E-state index contributed by atoms with van der Waals surface area (Å²) >= 11 is 6.70. The molecule has 4 aliphatic carbocycles. The minimum Gasteiger partial charge on any atom is -0.455 e. The molecule has 0 unspecified atom stereocenters. The van der Waals surface area contributed by atoms with Crippen molar-refractivity contribution in [3.05, 3.63) is 12.7 Å². The predicted octanol–water partition coefficient (Wildman–Crippen LogP) is 2.12. The van der Waals surface area contributed by atoms with Gasteiger partial charge in [-0.3, -0.25) is 14.9 Å². The van der Waals surface area contributed by atoms with Crippen LogP contribution in [0.1, 0.15) is 38.5 Å². The van der Waals surface area contributed by atoms with Gasteiger partial charge in [-0.05, 0) is 50.4 Å². The number of carbonyl (C=O) groups excluding carboxylic acids is 3. The van der Waals surface area contributed by atoms with Crippen LogP contribution >= 0.6 is 11.6 Å². The average molecular weight is 355 g/mol. The maximum absolute atomic E-state index is 12.6. The van der Waals surface area contributed by atoms with Crippen LogP contribution in [0.5, 0.6) is 0 Å². The average Bonchev–Trinajstić information content (AvgIpc) is 2.48. The van der Waals surface area contributed by atoms with Crippen molar-refractivity contribution in [1.29, 1.82) is 0 Å². The molecule has 2 N–H and O–H groups in total. The molecule has 2 atom stereocenters. The minimum atomic E-state index is -0.643. The summed E-state index contributed by atoms with van der Waals surface area (Å²) in [6.45, 7) is 3.26. The van der Waals surface area contributed by atoms with Crippen LogP contribution in [-0.4, -0.2) is 35.9 Å². The van der Waals surface area contributed by atoms with Gasteiger partial charge in [0, 0.05) is 11.4 Å². The van der Waals surface area contributed by atoms with Crippen LogP contribution in [0.25, 0.3) is 0 Å². The minimum absolute atomic E-state index is 0.253. The monoisotopic (exact) mass is 354 g/mol. The molecule has 132 valence electrons. The molecule has 0 saturated heterocycles. The van der Waals surface area contributed by atoms with Crippen LogP contribution in [0.3, 0.4) is 0 Å². The molecule has 4 saturated carbocycles. The van der Waals surface area contributed by atoms with Crippen molar-refractivity contribution >= 4 is 29.5 Å². The third-order valence-electron chi connectivity index (χ3n) is 5.42. The SMILES string of the molecule is C=CCNC(=O)NC(=O)COC(=O)C12C[C@@H]3C[C@H](CC(Cl)(C3)C1)C2. The molecule has 7 heteroatoms. The van der Waals surface area contributed by atoms with E-state index in [1.54, 1.807) is 0 Å². The number of imide groups is 1. The molecular weight excluding hydrogens is 332 g/mol. The Labute approximate surface area is 146 Å². The number of hydrogen-bond acceptors (Lipinski definition) is 4. The molecule has 0 aliphatic heterocycles. The number of esters is 1. The Morgan fingerprint density at radius 1 is 1.21 bits per heavy atom. The fourth-order valence-electron chi connectivity index (χ4n) is 5.05. The smallest absolute Gasteiger partial charge is 0.321 e. The van der Waals surface area contributed by atoms with E-state index in [9.17, 15) is 14.4 Å². The molecule has 24 heavy (non-hydrogen) atoms. The van der Waals surface area contributed by atoms with Gasteiger partial charge in [0.1, 0.15) is 0 Å². The van der Waals surface area contributed by atoms with Crippen LogP contribution in [0.15, 0.2) is 12.7 Å². The van der Waals surface area contributed by atoms with Crippen LogP contribution in [0, 0.1) is 17.3 Å². The summed E-state index contributed by atoms with van der Waals surface area (Å²) in [6.07, 6.45) is 6.84. The zero-order chi connectivity index (χ0) is 17.4. The van der Waals surface area contributed by atoms with E-state index in [4.69, 9.17) is 16.3 Å². The summed E-state index contributed by atoms with van der Waals surface area (Å²) in [6, 6.07) is -0.634. The van der Waals surface area contributed by atoms with Gasteiger partial charge in [0.25, 0.3) is 5.91 Å². The number of urea groups is 1. The van der Waals surface area contributed by atoms with E-state index in [-0.39, 0.29) is 17.4 Å². The number of amides is 3. The van der Waals surface area contributed by atoms with Crippen molar-refractivity contribution in [3.8, 4) is 0 Å². The first kappa shape index (κ1) is 17.3. The molecule has 0 aromatic carbocycles. The largest absolute Gasteiger partial charge is 0.455 e. The van der Waals surface area contributed by atoms with Crippen molar-refractivity contribution < 1.29 is 19.1 Å². The van der Waals surface area contributed by atoms with E-state index in [1.165, 1.54) is 6.08 Å². The lowest BCUT2D eigenvalue weighted by molar-refractivity contribution is -0.171. The molecule has 0 aromatic heterocycles. The van der Waals surface area contributed by atoms with Crippen LogP contribution in [0.4, 0.5) is 4.79 Å². The summed E-state index contributed by atoms with van der Waals surface area (Å²) < 4.78 is 5.23. The lowest BCUT2D eigenvalue weighted by Crippen LogP contribution is -2.56. The van der Waals surface area contributed by atoms with Gasteiger partial charge in [-0.15, -0.1) is 18.2 Å². The second kappa shape index (κ2) is 6.39. The van der Waals surface area contributed by atoms with Gasteiger partial charge in [0.15, 0.2) is 6.61 Å². The van der Waals surface area contributed by atoms with Gasteiger partial charge in [-0.1, -0.05) is 6.08 Å². The van der Waals surface area contributed by atoms with Crippen molar-refractivity contribution in [1.82, 2.24) is 10.6 Å². The lowest BCUT2D eigenvalue weighted by atomic mass is 9.49. The second-order valence-electron chi connectivity index (χ2n) is 7.52. The summed E-state index contributed by atoms with van der Waals surface area (Å²) in [7, 11) is 0. The fourth-order valence-corrected chi connectivity index (χ4v) is 5.74. The molecule has 3 amide bonds. The topological polar surface area (TPSA) is 84.5 Å². The molecule has 4 bridgehead atoms. The highest BCUT2D eigenvalue weighted by molar-refractivity contribution is 6.24. The van der Waals surface area contributed by atoms with Crippen molar-refractivity contribution in [2.45, 2.75) is 43.4 Å². The number of alkyl halides is 1. The highest BCUT2D eigenvalue weighted by Crippen LogP contribution is 2.64. The molecule has 0 spiro atoms. The van der Waals surface area contributed by atoms with E-state index in [0.717, 1.165) is 32.1 Å². The predicted molar refractivity (Wildman–Crippen MR) is 88.4 cm³/mol. The molecule has 0 aromatic rings. The maximum Gasteiger partial charge on any atom is 0.321 e. The number of nitrogens with one attached hydrogen (secondary N) is 2.